The maximum atomic E-state index is 12.4. The van der Waals surface area contributed by atoms with E-state index in [9.17, 15) is 13.2 Å². The number of benzene rings is 1. The molecule has 0 spiro atoms. The van der Waals surface area contributed by atoms with Gasteiger partial charge in [-0.25, -0.2) is 8.42 Å². The average Bonchev–Trinajstić information content (AvgIpc) is 3.23. The topological polar surface area (TPSA) is 72.5 Å². The minimum absolute atomic E-state index is 0.114. The van der Waals surface area contributed by atoms with E-state index in [0.29, 0.717) is 19.4 Å². The van der Waals surface area contributed by atoms with Gasteiger partial charge in [0.1, 0.15) is 11.5 Å². The molecular weight excluding hydrogens is 362 g/mol. The molecule has 0 heterocycles. The number of carbonyl (C=O) groups excluding carboxylic acids is 1. The van der Waals surface area contributed by atoms with Crippen LogP contribution >= 0.6 is 0 Å². The fourth-order valence-corrected chi connectivity index (χ4v) is 6.36. The van der Waals surface area contributed by atoms with Gasteiger partial charge in [0.15, 0.2) is 9.84 Å². The number of amides is 1. The van der Waals surface area contributed by atoms with E-state index in [-0.39, 0.29) is 22.3 Å². The summed E-state index contributed by atoms with van der Waals surface area (Å²) in [7, 11) is -1.68. The van der Waals surface area contributed by atoms with Crippen LogP contribution in [0.25, 0.3) is 0 Å². The first-order valence-corrected chi connectivity index (χ1v) is 11.8. The summed E-state index contributed by atoms with van der Waals surface area (Å²) in [6.45, 7) is 0.498. The largest absolute Gasteiger partial charge is 0.497 e. The lowest BCUT2D eigenvalue weighted by atomic mass is 9.69. The molecule has 0 unspecified atom stereocenters. The highest BCUT2D eigenvalue weighted by atomic mass is 32.2. The van der Waals surface area contributed by atoms with Crippen molar-refractivity contribution in [1.29, 1.82) is 0 Å². The van der Waals surface area contributed by atoms with Gasteiger partial charge in [-0.3, -0.25) is 4.79 Å². The molecule has 6 heteroatoms. The lowest BCUT2D eigenvalue weighted by Gasteiger charge is -2.38. The lowest BCUT2D eigenvalue weighted by molar-refractivity contribution is -0.119. The summed E-state index contributed by atoms with van der Waals surface area (Å²) in [5, 5.41) is 2.63. The van der Waals surface area contributed by atoms with Gasteiger partial charge in [-0.15, -0.1) is 0 Å². The first-order valence-electron chi connectivity index (χ1n) is 10.1. The standard InChI is InChI=1S/C21H31NO4S/c1-26-18-11-9-17(10-12-18)21(13-5-2-6-14-21)16-22-20(23)15-27(24,25)19-7-3-4-8-19/h9-12,19H,2-8,13-16H2,1H3,(H,22,23). The summed E-state index contributed by atoms with van der Waals surface area (Å²) < 4.78 is 30.1. The Kier molecular flexibility index (Phi) is 6.45. The Bertz CT molecular complexity index is 730. The average molecular weight is 394 g/mol. The van der Waals surface area contributed by atoms with Crippen molar-refractivity contribution in [3.63, 3.8) is 0 Å². The Labute approximate surface area is 162 Å². The van der Waals surface area contributed by atoms with Crippen LogP contribution in [0, 0.1) is 0 Å². The van der Waals surface area contributed by atoms with Crippen LogP contribution in [0.2, 0.25) is 0 Å². The van der Waals surface area contributed by atoms with Crippen LogP contribution in [0.1, 0.15) is 63.4 Å². The highest BCUT2D eigenvalue weighted by Crippen LogP contribution is 2.39. The normalized spacial score (nSPS) is 20.3. The van der Waals surface area contributed by atoms with Gasteiger partial charge in [0, 0.05) is 12.0 Å². The van der Waals surface area contributed by atoms with Crippen molar-refractivity contribution in [2.24, 2.45) is 0 Å². The molecule has 2 aliphatic rings. The number of sulfone groups is 1. The Morgan fingerprint density at radius 3 is 2.30 bits per heavy atom. The van der Waals surface area contributed by atoms with Gasteiger partial charge in [-0.2, -0.15) is 0 Å². The smallest absolute Gasteiger partial charge is 0.235 e. The van der Waals surface area contributed by atoms with Crippen LogP contribution in [0.5, 0.6) is 5.75 Å². The molecule has 0 aromatic heterocycles. The van der Waals surface area contributed by atoms with Crippen molar-refractivity contribution in [3.05, 3.63) is 29.8 Å². The Morgan fingerprint density at radius 1 is 1.07 bits per heavy atom. The van der Waals surface area contributed by atoms with E-state index < -0.39 is 9.84 Å². The van der Waals surface area contributed by atoms with E-state index in [1.54, 1.807) is 7.11 Å². The number of carbonyl (C=O) groups is 1. The predicted molar refractivity (Wildman–Crippen MR) is 107 cm³/mol. The zero-order chi connectivity index (χ0) is 19.3. The Morgan fingerprint density at radius 2 is 1.70 bits per heavy atom. The van der Waals surface area contributed by atoms with E-state index in [1.807, 2.05) is 12.1 Å². The van der Waals surface area contributed by atoms with Crippen molar-refractivity contribution in [2.45, 2.75) is 68.5 Å². The first-order chi connectivity index (χ1) is 13.0. The van der Waals surface area contributed by atoms with Crippen LogP contribution in [-0.2, 0) is 20.0 Å². The molecule has 1 aromatic rings. The molecule has 3 rings (SSSR count). The number of rotatable bonds is 7. The van der Waals surface area contributed by atoms with Gasteiger partial charge in [-0.05, 0) is 43.4 Å². The van der Waals surface area contributed by atoms with Crippen molar-refractivity contribution in [1.82, 2.24) is 5.32 Å². The molecule has 2 aliphatic carbocycles. The number of ether oxygens (including phenoxy) is 1. The third-order valence-electron chi connectivity index (χ3n) is 6.28. The molecule has 0 bridgehead atoms. The van der Waals surface area contributed by atoms with Gasteiger partial charge in [0.25, 0.3) is 0 Å². The van der Waals surface area contributed by atoms with Crippen molar-refractivity contribution in [2.75, 3.05) is 19.4 Å². The molecule has 2 fully saturated rings. The third kappa shape index (κ3) is 4.84. The maximum Gasteiger partial charge on any atom is 0.235 e. The summed E-state index contributed by atoms with van der Waals surface area (Å²) in [6.07, 6.45) is 8.78. The zero-order valence-corrected chi connectivity index (χ0v) is 17.0. The van der Waals surface area contributed by atoms with Crippen LogP contribution in [0.3, 0.4) is 0 Å². The van der Waals surface area contributed by atoms with Crippen LogP contribution in [0.4, 0.5) is 0 Å². The third-order valence-corrected chi connectivity index (χ3v) is 8.43. The molecule has 1 N–H and O–H groups in total. The maximum absolute atomic E-state index is 12.4. The number of nitrogens with one attached hydrogen (secondary N) is 1. The highest BCUT2D eigenvalue weighted by Gasteiger charge is 2.35. The van der Waals surface area contributed by atoms with E-state index in [2.05, 4.69) is 17.4 Å². The molecule has 2 saturated carbocycles. The number of methoxy groups -OCH3 is 1. The van der Waals surface area contributed by atoms with Crippen molar-refractivity contribution < 1.29 is 17.9 Å². The molecule has 0 radical (unpaired) electrons. The molecule has 0 aliphatic heterocycles. The van der Waals surface area contributed by atoms with Crippen LogP contribution < -0.4 is 10.1 Å². The molecular formula is C21H31NO4S. The lowest BCUT2D eigenvalue weighted by Crippen LogP contribution is -2.44. The van der Waals surface area contributed by atoms with Gasteiger partial charge in [0.2, 0.25) is 5.91 Å². The SMILES string of the molecule is COc1ccc(C2(CNC(=O)CS(=O)(=O)C3CCCC3)CCCCC2)cc1. The Hall–Kier alpha value is -1.56. The van der Waals surface area contributed by atoms with E-state index in [0.717, 1.165) is 44.3 Å². The molecule has 1 aromatic carbocycles. The van der Waals surface area contributed by atoms with E-state index >= 15 is 0 Å². The highest BCUT2D eigenvalue weighted by molar-refractivity contribution is 7.92. The molecule has 5 nitrogen and oxygen atoms in total. The zero-order valence-electron chi connectivity index (χ0n) is 16.2. The summed E-state index contributed by atoms with van der Waals surface area (Å²) in [4.78, 5) is 12.4. The molecule has 0 saturated heterocycles. The minimum Gasteiger partial charge on any atom is -0.497 e. The minimum atomic E-state index is -3.33. The van der Waals surface area contributed by atoms with Crippen LogP contribution in [0.15, 0.2) is 24.3 Å². The fourth-order valence-electron chi connectivity index (χ4n) is 4.61. The molecule has 1 amide bonds. The second kappa shape index (κ2) is 8.63. The molecule has 150 valence electrons. The summed E-state index contributed by atoms with van der Waals surface area (Å²) in [6, 6.07) is 8.06. The predicted octanol–water partition coefficient (Wildman–Crippen LogP) is 3.37. The van der Waals surface area contributed by atoms with E-state index in [4.69, 9.17) is 4.74 Å². The number of hydrogen-bond donors (Lipinski definition) is 1. The van der Waals surface area contributed by atoms with Gasteiger partial charge < -0.3 is 10.1 Å². The second-order valence-corrected chi connectivity index (χ2v) is 10.3. The number of hydrogen-bond acceptors (Lipinski definition) is 4. The monoisotopic (exact) mass is 393 g/mol. The van der Waals surface area contributed by atoms with Crippen LogP contribution in [-0.4, -0.2) is 39.0 Å². The quantitative estimate of drug-likeness (QED) is 0.771. The van der Waals surface area contributed by atoms with Gasteiger partial charge in [-0.1, -0.05) is 44.2 Å². The van der Waals surface area contributed by atoms with Gasteiger partial charge in [0.05, 0.1) is 12.4 Å². The first kappa shape index (κ1) is 20.2. The Balaban J connectivity index is 1.66. The molecule has 27 heavy (non-hydrogen) atoms. The summed E-state index contributed by atoms with van der Waals surface area (Å²) in [5.74, 6) is 0.0767. The fraction of sp³-hybridized carbons (Fsp3) is 0.667. The second-order valence-electron chi connectivity index (χ2n) is 8.06. The summed E-state index contributed by atoms with van der Waals surface area (Å²) >= 11 is 0. The van der Waals surface area contributed by atoms with Crippen molar-refractivity contribution >= 4 is 15.7 Å². The molecule has 0 atom stereocenters. The van der Waals surface area contributed by atoms with Gasteiger partial charge >= 0.3 is 0 Å². The summed E-state index contributed by atoms with van der Waals surface area (Å²) in [5.41, 5.74) is 1.08. The van der Waals surface area contributed by atoms with Crippen molar-refractivity contribution in [3.8, 4) is 5.75 Å². The van der Waals surface area contributed by atoms with E-state index in [1.165, 1.54) is 12.0 Å².